The predicted octanol–water partition coefficient (Wildman–Crippen LogP) is 5.50. The molecular weight excluding hydrogens is 444 g/mol. The molecule has 0 bridgehead atoms. The molecule has 0 unspecified atom stereocenters. The molecule has 6 heteroatoms. The Morgan fingerprint density at radius 2 is 0.972 bits per heavy atom. The van der Waals surface area contributed by atoms with E-state index in [1.54, 1.807) is 0 Å². The van der Waals surface area contributed by atoms with Gasteiger partial charge in [0.15, 0.2) is 0 Å². The van der Waals surface area contributed by atoms with Crippen molar-refractivity contribution in [3.8, 4) is 34.4 Å². The van der Waals surface area contributed by atoms with E-state index >= 15 is 0 Å². The Bertz CT molecular complexity index is 1360. The molecule has 0 spiro atoms. The molecule has 36 heavy (non-hydrogen) atoms. The van der Waals surface area contributed by atoms with Gasteiger partial charge in [-0.05, 0) is 37.1 Å². The maximum atomic E-state index is 9.89. The molecule has 1 saturated heterocycles. The van der Waals surface area contributed by atoms with Crippen LogP contribution in [0.1, 0.15) is 22.5 Å². The summed E-state index contributed by atoms with van der Waals surface area (Å²) < 4.78 is 0. The number of hydrogen-bond acceptors (Lipinski definition) is 6. The van der Waals surface area contributed by atoms with Gasteiger partial charge in [-0.2, -0.15) is 10.5 Å². The van der Waals surface area contributed by atoms with Gasteiger partial charge in [-0.15, -0.1) is 0 Å². The van der Waals surface area contributed by atoms with Crippen molar-refractivity contribution < 1.29 is 0 Å². The van der Waals surface area contributed by atoms with Crippen molar-refractivity contribution in [2.45, 2.75) is 13.8 Å². The maximum Gasteiger partial charge on any atom is 0.146 e. The molecule has 2 aromatic carbocycles. The Balaban J connectivity index is 1.39. The van der Waals surface area contributed by atoms with Crippen LogP contribution < -0.4 is 9.80 Å². The average Bonchev–Trinajstić information content (AvgIpc) is 2.94. The Morgan fingerprint density at radius 1 is 0.611 bits per heavy atom. The van der Waals surface area contributed by atoms with Gasteiger partial charge < -0.3 is 9.80 Å². The molecule has 5 rings (SSSR count). The molecule has 0 saturated carbocycles. The summed E-state index contributed by atoms with van der Waals surface area (Å²) in [6.07, 6.45) is 0. The van der Waals surface area contributed by atoms with Gasteiger partial charge >= 0.3 is 0 Å². The van der Waals surface area contributed by atoms with Crippen LogP contribution in [0.4, 0.5) is 11.6 Å². The number of rotatable bonds is 4. The lowest BCUT2D eigenvalue weighted by atomic mass is 10.0. The van der Waals surface area contributed by atoms with Crippen molar-refractivity contribution >= 4 is 11.6 Å². The van der Waals surface area contributed by atoms with Crippen molar-refractivity contribution in [3.63, 3.8) is 0 Å². The van der Waals surface area contributed by atoms with Crippen LogP contribution in [0.15, 0.2) is 72.8 Å². The normalized spacial score (nSPS) is 13.2. The zero-order valence-corrected chi connectivity index (χ0v) is 20.4. The first-order valence-electron chi connectivity index (χ1n) is 12.0. The molecule has 0 atom stereocenters. The average molecular weight is 471 g/mol. The SMILES string of the molecule is Cc1nc(N2CCN(c3nc(C)c(-c4ccccc4)cc3C#N)CC2)c(C#N)cc1-c1ccccc1. The number of aryl methyl sites for hydroxylation is 2. The second-order valence-corrected chi connectivity index (χ2v) is 8.91. The molecule has 0 radical (unpaired) electrons. The van der Waals surface area contributed by atoms with E-state index in [9.17, 15) is 10.5 Å². The fourth-order valence-electron chi connectivity index (χ4n) is 4.78. The van der Waals surface area contributed by atoms with E-state index in [0.29, 0.717) is 37.3 Å². The number of anilines is 2. The molecule has 0 amide bonds. The summed E-state index contributed by atoms with van der Waals surface area (Å²) in [7, 11) is 0. The van der Waals surface area contributed by atoms with Gasteiger partial charge in [0.25, 0.3) is 0 Å². The number of piperazine rings is 1. The molecule has 176 valence electrons. The second-order valence-electron chi connectivity index (χ2n) is 8.91. The van der Waals surface area contributed by atoms with E-state index in [1.807, 2.05) is 86.6 Å². The van der Waals surface area contributed by atoms with Crippen LogP contribution in [0.3, 0.4) is 0 Å². The number of hydrogen-bond donors (Lipinski definition) is 0. The maximum absolute atomic E-state index is 9.89. The zero-order valence-electron chi connectivity index (χ0n) is 20.4. The third-order valence-corrected chi connectivity index (χ3v) is 6.68. The molecule has 3 heterocycles. The molecule has 1 aliphatic rings. The third-order valence-electron chi connectivity index (χ3n) is 6.68. The van der Waals surface area contributed by atoms with Crippen molar-refractivity contribution in [2.24, 2.45) is 0 Å². The molecule has 0 aliphatic carbocycles. The lowest BCUT2D eigenvalue weighted by Crippen LogP contribution is -2.47. The quantitative estimate of drug-likeness (QED) is 0.392. The van der Waals surface area contributed by atoms with Crippen molar-refractivity contribution in [1.82, 2.24) is 9.97 Å². The summed E-state index contributed by atoms with van der Waals surface area (Å²) in [5, 5.41) is 19.8. The van der Waals surface area contributed by atoms with Crippen LogP contribution in [-0.4, -0.2) is 36.1 Å². The number of aromatic nitrogens is 2. The summed E-state index contributed by atoms with van der Waals surface area (Å²) >= 11 is 0. The first-order valence-corrected chi connectivity index (χ1v) is 12.0. The van der Waals surface area contributed by atoms with Gasteiger partial charge in [0.05, 0.1) is 11.1 Å². The summed E-state index contributed by atoms with van der Waals surface area (Å²) in [5.74, 6) is 1.44. The Morgan fingerprint density at radius 3 is 1.31 bits per heavy atom. The van der Waals surface area contributed by atoms with E-state index in [0.717, 1.165) is 45.3 Å². The second kappa shape index (κ2) is 9.90. The molecule has 6 nitrogen and oxygen atoms in total. The number of nitrogens with zero attached hydrogens (tertiary/aromatic N) is 6. The minimum absolute atomic E-state index is 0.576. The van der Waals surface area contributed by atoms with Crippen molar-refractivity contribution in [3.05, 3.63) is 95.3 Å². The van der Waals surface area contributed by atoms with Crippen LogP contribution in [0.2, 0.25) is 0 Å². The fraction of sp³-hybridized carbons (Fsp3) is 0.200. The van der Waals surface area contributed by atoms with Gasteiger partial charge in [-0.25, -0.2) is 9.97 Å². The topological polar surface area (TPSA) is 79.8 Å². The van der Waals surface area contributed by atoms with E-state index in [1.165, 1.54) is 0 Å². The predicted molar refractivity (Wildman–Crippen MR) is 143 cm³/mol. The van der Waals surface area contributed by atoms with E-state index < -0.39 is 0 Å². The van der Waals surface area contributed by atoms with Crippen molar-refractivity contribution in [2.75, 3.05) is 36.0 Å². The fourth-order valence-corrected chi connectivity index (χ4v) is 4.78. The van der Waals surface area contributed by atoms with Gasteiger partial charge in [0.1, 0.15) is 23.8 Å². The highest BCUT2D eigenvalue weighted by molar-refractivity contribution is 5.73. The zero-order chi connectivity index (χ0) is 25.1. The van der Waals surface area contributed by atoms with E-state index in [2.05, 4.69) is 21.9 Å². The van der Waals surface area contributed by atoms with Gasteiger partial charge in [0.2, 0.25) is 0 Å². The first-order chi connectivity index (χ1) is 17.6. The minimum atomic E-state index is 0.576. The largest absolute Gasteiger partial charge is 0.352 e. The van der Waals surface area contributed by atoms with E-state index in [-0.39, 0.29) is 0 Å². The third kappa shape index (κ3) is 4.37. The summed E-state index contributed by atoms with van der Waals surface area (Å²) in [4.78, 5) is 14.0. The molecule has 1 fully saturated rings. The van der Waals surface area contributed by atoms with Gasteiger partial charge in [0, 0.05) is 48.7 Å². The Labute approximate surface area is 211 Å². The molecule has 2 aromatic heterocycles. The Kier molecular flexibility index (Phi) is 6.34. The molecule has 0 N–H and O–H groups in total. The van der Waals surface area contributed by atoms with Gasteiger partial charge in [-0.1, -0.05) is 60.7 Å². The molecular formula is C30H26N6. The van der Waals surface area contributed by atoms with Crippen LogP contribution in [0, 0.1) is 36.5 Å². The standard InChI is InChI=1S/C30H26N6/c1-21-27(23-9-5-3-6-10-23)17-25(19-31)29(33-21)35-13-15-36(16-14-35)30-26(20-32)18-28(22(2)34-30)24-11-7-4-8-12-24/h3-12,17-18H,13-16H2,1-2H3. The molecule has 1 aliphatic heterocycles. The summed E-state index contributed by atoms with van der Waals surface area (Å²) in [5.41, 5.74) is 7.02. The van der Waals surface area contributed by atoms with Gasteiger partial charge in [-0.3, -0.25) is 0 Å². The lowest BCUT2D eigenvalue weighted by molar-refractivity contribution is 0.639. The Hall–Kier alpha value is -4.68. The van der Waals surface area contributed by atoms with Crippen LogP contribution in [0.25, 0.3) is 22.3 Å². The highest BCUT2D eigenvalue weighted by Gasteiger charge is 2.25. The highest BCUT2D eigenvalue weighted by atomic mass is 15.3. The molecule has 4 aromatic rings. The van der Waals surface area contributed by atoms with Crippen molar-refractivity contribution in [1.29, 1.82) is 10.5 Å². The summed E-state index contributed by atoms with van der Waals surface area (Å²) in [6.45, 7) is 6.75. The number of nitriles is 2. The minimum Gasteiger partial charge on any atom is -0.352 e. The van der Waals surface area contributed by atoms with E-state index in [4.69, 9.17) is 9.97 Å². The van der Waals surface area contributed by atoms with Crippen LogP contribution in [0.5, 0.6) is 0 Å². The first kappa shape index (κ1) is 23.1. The van der Waals surface area contributed by atoms with Crippen LogP contribution in [-0.2, 0) is 0 Å². The lowest BCUT2D eigenvalue weighted by Gasteiger charge is -2.37. The summed E-state index contributed by atoms with van der Waals surface area (Å²) in [6, 6.07) is 28.7. The smallest absolute Gasteiger partial charge is 0.146 e. The number of pyridine rings is 2. The van der Waals surface area contributed by atoms with Crippen LogP contribution >= 0.6 is 0 Å². The monoisotopic (exact) mass is 470 g/mol. The number of benzene rings is 2. The highest BCUT2D eigenvalue weighted by Crippen LogP contribution is 2.31.